The summed E-state index contributed by atoms with van der Waals surface area (Å²) in [4.78, 5) is 16.1. The van der Waals surface area contributed by atoms with Crippen LogP contribution in [0.5, 0.6) is 0 Å². The number of nitrogens with zero attached hydrogens (tertiary/aromatic N) is 1. The highest BCUT2D eigenvalue weighted by molar-refractivity contribution is 7.14. The van der Waals surface area contributed by atoms with Gasteiger partial charge in [0.25, 0.3) is 5.91 Å². The van der Waals surface area contributed by atoms with Gasteiger partial charge < -0.3 is 9.52 Å². The Hall–Kier alpha value is -1.66. The lowest BCUT2D eigenvalue weighted by Gasteiger charge is -2.00. The lowest BCUT2D eigenvalue weighted by atomic mass is 10.2. The molecular formula is C12H14N2O3S. The number of rotatable bonds is 3. The summed E-state index contributed by atoms with van der Waals surface area (Å²) in [6.45, 7) is 5.16. The number of aromatic nitrogens is 1. The average molecular weight is 266 g/mol. The van der Waals surface area contributed by atoms with E-state index in [0.29, 0.717) is 27.9 Å². The number of anilines is 1. The Balaban J connectivity index is 2.13. The first-order valence-corrected chi connectivity index (χ1v) is 6.37. The Labute approximate surface area is 108 Å². The van der Waals surface area contributed by atoms with Crippen LogP contribution in [0.15, 0.2) is 15.9 Å². The summed E-state index contributed by atoms with van der Waals surface area (Å²) in [7, 11) is 0. The van der Waals surface area contributed by atoms with Crippen LogP contribution in [0, 0.1) is 13.8 Å². The molecule has 0 bridgehead atoms. The molecule has 2 N–H and O–H groups in total. The number of nitrogens with one attached hydrogen (secondary N) is 1. The molecule has 2 heterocycles. The molecule has 0 radical (unpaired) electrons. The fourth-order valence-electron chi connectivity index (χ4n) is 1.56. The number of aliphatic hydroxyl groups is 1. The molecule has 0 aromatic carbocycles. The Kier molecular flexibility index (Phi) is 3.49. The summed E-state index contributed by atoms with van der Waals surface area (Å²) in [5, 5.41) is 14.2. The number of aliphatic hydroxyl groups excluding tert-OH is 1. The zero-order valence-corrected chi connectivity index (χ0v) is 11.2. The minimum atomic E-state index is -0.634. The van der Waals surface area contributed by atoms with Crippen molar-refractivity contribution in [2.24, 2.45) is 0 Å². The SMILES string of the molecule is Cc1cc(C(=O)Nc2nc(C(C)O)cs2)c(C)o1. The quantitative estimate of drug-likeness (QED) is 0.895. The first-order valence-electron chi connectivity index (χ1n) is 5.49. The zero-order chi connectivity index (χ0) is 13.3. The molecule has 0 aliphatic rings. The third-order valence-electron chi connectivity index (χ3n) is 2.46. The number of furan rings is 1. The second-order valence-electron chi connectivity index (χ2n) is 4.03. The van der Waals surface area contributed by atoms with E-state index in [4.69, 9.17) is 4.42 Å². The van der Waals surface area contributed by atoms with Crippen molar-refractivity contribution >= 4 is 22.4 Å². The third-order valence-corrected chi connectivity index (χ3v) is 3.23. The van der Waals surface area contributed by atoms with Crippen LogP contribution in [0.2, 0.25) is 0 Å². The summed E-state index contributed by atoms with van der Waals surface area (Å²) in [6, 6.07) is 1.69. The summed E-state index contributed by atoms with van der Waals surface area (Å²) >= 11 is 1.28. The van der Waals surface area contributed by atoms with E-state index in [0.717, 1.165) is 0 Å². The molecule has 0 aliphatic heterocycles. The van der Waals surface area contributed by atoms with Gasteiger partial charge in [0.1, 0.15) is 11.5 Å². The molecule has 0 saturated carbocycles. The molecular weight excluding hydrogens is 252 g/mol. The molecule has 0 fully saturated rings. The number of hydrogen-bond donors (Lipinski definition) is 2. The molecule has 1 unspecified atom stereocenters. The third kappa shape index (κ3) is 2.60. The molecule has 6 heteroatoms. The highest BCUT2D eigenvalue weighted by Gasteiger charge is 2.15. The molecule has 0 aliphatic carbocycles. The fraction of sp³-hybridized carbons (Fsp3) is 0.333. The van der Waals surface area contributed by atoms with E-state index < -0.39 is 6.10 Å². The second-order valence-corrected chi connectivity index (χ2v) is 4.89. The van der Waals surface area contributed by atoms with Crippen LogP contribution in [0.1, 0.15) is 40.6 Å². The van der Waals surface area contributed by atoms with Crippen molar-refractivity contribution in [2.45, 2.75) is 26.9 Å². The van der Waals surface area contributed by atoms with Crippen LogP contribution in [0.4, 0.5) is 5.13 Å². The predicted octanol–water partition coefficient (Wildman–Crippen LogP) is 2.66. The second kappa shape index (κ2) is 4.91. The summed E-state index contributed by atoms with van der Waals surface area (Å²) in [6.07, 6.45) is -0.634. The minimum Gasteiger partial charge on any atom is -0.466 e. The van der Waals surface area contributed by atoms with Crippen LogP contribution >= 0.6 is 11.3 Å². The van der Waals surface area contributed by atoms with E-state index in [2.05, 4.69) is 10.3 Å². The highest BCUT2D eigenvalue weighted by atomic mass is 32.1. The maximum atomic E-state index is 12.0. The summed E-state index contributed by atoms with van der Waals surface area (Å²) in [5.74, 6) is 1.02. The maximum Gasteiger partial charge on any atom is 0.260 e. The van der Waals surface area contributed by atoms with Gasteiger partial charge in [-0.2, -0.15) is 0 Å². The largest absolute Gasteiger partial charge is 0.466 e. The average Bonchev–Trinajstić information content (AvgIpc) is 2.85. The van der Waals surface area contributed by atoms with Gasteiger partial charge in [-0.05, 0) is 26.8 Å². The van der Waals surface area contributed by atoms with Gasteiger partial charge in [-0.3, -0.25) is 10.1 Å². The van der Waals surface area contributed by atoms with Crippen LogP contribution in [-0.4, -0.2) is 16.0 Å². The fourth-order valence-corrected chi connectivity index (χ4v) is 2.35. The van der Waals surface area contributed by atoms with Gasteiger partial charge in [0, 0.05) is 5.38 Å². The Morgan fingerprint density at radius 3 is 2.78 bits per heavy atom. The van der Waals surface area contributed by atoms with Gasteiger partial charge in [0.2, 0.25) is 0 Å². The standard InChI is InChI=1S/C12H14N2O3S/c1-6-4-9(8(3)17-6)11(16)14-12-13-10(5-18-12)7(2)15/h4-5,7,15H,1-3H3,(H,13,14,16). The number of carbonyl (C=O) groups is 1. The van der Waals surface area contributed by atoms with Crippen molar-refractivity contribution in [3.63, 3.8) is 0 Å². The van der Waals surface area contributed by atoms with Crippen molar-refractivity contribution in [3.8, 4) is 0 Å². The Bertz CT molecular complexity index is 572. The van der Waals surface area contributed by atoms with E-state index in [-0.39, 0.29) is 5.91 Å². The molecule has 2 rings (SSSR count). The van der Waals surface area contributed by atoms with Crippen molar-refractivity contribution in [2.75, 3.05) is 5.32 Å². The van der Waals surface area contributed by atoms with E-state index in [1.807, 2.05) is 0 Å². The molecule has 2 aromatic rings. The Morgan fingerprint density at radius 1 is 1.56 bits per heavy atom. The van der Waals surface area contributed by atoms with E-state index in [1.54, 1.807) is 32.2 Å². The van der Waals surface area contributed by atoms with Gasteiger partial charge in [-0.15, -0.1) is 11.3 Å². The maximum absolute atomic E-state index is 12.0. The first kappa shape index (κ1) is 12.8. The molecule has 5 nitrogen and oxygen atoms in total. The topological polar surface area (TPSA) is 75.4 Å². The lowest BCUT2D eigenvalue weighted by molar-refractivity contribution is 0.102. The molecule has 0 spiro atoms. The molecule has 18 heavy (non-hydrogen) atoms. The number of hydrogen-bond acceptors (Lipinski definition) is 5. The van der Waals surface area contributed by atoms with Crippen LogP contribution in [0.3, 0.4) is 0 Å². The monoisotopic (exact) mass is 266 g/mol. The molecule has 0 saturated heterocycles. The first-order chi connectivity index (χ1) is 8.47. The van der Waals surface area contributed by atoms with E-state index >= 15 is 0 Å². The number of aryl methyl sites for hydroxylation is 2. The lowest BCUT2D eigenvalue weighted by Crippen LogP contribution is -2.12. The van der Waals surface area contributed by atoms with Crippen molar-refractivity contribution < 1.29 is 14.3 Å². The van der Waals surface area contributed by atoms with Gasteiger partial charge in [-0.1, -0.05) is 0 Å². The molecule has 1 amide bonds. The number of amides is 1. The molecule has 1 atom stereocenters. The predicted molar refractivity (Wildman–Crippen MR) is 68.9 cm³/mol. The zero-order valence-electron chi connectivity index (χ0n) is 10.4. The summed E-state index contributed by atoms with van der Waals surface area (Å²) < 4.78 is 5.30. The Morgan fingerprint density at radius 2 is 2.28 bits per heavy atom. The van der Waals surface area contributed by atoms with E-state index in [1.165, 1.54) is 11.3 Å². The van der Waals surface area contributed by atoms with Gasteiger partial charge in [-0.25, -0.2) is 4.98 Å². The van der Waals surface area contributed by atoms with Crippen molar-refractivity contribution in [1.82, 2.24) is 4.98 Å². The van der Waals surface area contributed by atoms with Crippen LogP contribution in [0.25, 0.3) is 0 Å². The van der Waals surface area contributed by atoms with Gasteiger partial charge in [0.05, 0.1) is 17.4 Å². The van der Waals surface area contributed by atoms with E-state index in [9.17, 15) is 9.90 Å². The van der Waals surface area contributed by atoms with Crippen molar-refractivity contribution in [3.05, 3.63) is 34.2 Å². The van der Waals surface area contributed by atoms with Crippen molar-refractivity contribution in [1.29, 1.82) is 0 Å². The summed E-state index contributed by atoms with van der Waals surface area (Å²) in [5.41, 5.74) is 1.05. The number of thiazole rings is 1. The van der Waals surface area contributed by atoms with Crippen LogP contribution < -0.4 is 5.32 Å². The van der Waals surface area contributed by atoms with Gasteiger partial charge in [0.15, 0.2) is 5.13 Å². The van der Waals surface area contributed by atoms with Crippen LogP contribution in [-0.2, 0) is 0 Å². The normalized spacial score (nSPS) is 12.4. The molecule has 2 aromatic heterocycles. The number of carbonyl (C=O) groups excluding carboxylic acids is 1. The highest BCUT2D eigenvalue weighted by Crippen LogP contribution is 2.22. The van der Waals surface area contributed by atoms with Gasteiger partial charge >= 0.3 is 0 Å². The smallest absolute Gasteiger partial charge is 0.260 e. The molecule has 96 valence electrons. The minimum absolute atomic E-state index is 0.254.